The molecule has 2 aliphatic heterocycles. The largest absolute Gasteiger partial charge is 0.378 e. The predicted octanol–water partition coefficient (Wildman–Crippen LogP) is 2.69. The molecule has 2 N–H and O–H groups in total. The zero-order valence-corrected chi connectivity index (χ0v) is 17.4. The maximum absolute atomic E-state index is 13.0. The minimum Gasteiger partial charge on any atom is -0.378 e. The molecule has 0 saturated carbocycles. The van der Waals surface area contributed by atoms with Gasteiger partial charge in [0.2, 0.25) is 5.91 Å². The molecule has 1 amide bonds. The number of nitrogens with zero attached hydrogens (tertiary/aromatic N) is 2. The van der Waals surface area contributed by atoms with Crippen molar-refractivity contribution in [3.63, 3.8) is 0 Å². The Morgan fingerprint density at radius 2 is 1.79 bits per heavy atom. The summed E-state index contributed by atoms with van der Waals surface area (Å²) in [4.78, 5) is 17.4. The first kappa shape index (κ1) is 21.3. The SMILES string of the molecule is CC(C(=O)N1CCC(OCCCN)CC1)N1CCC(Cc2ccccc2)CC1. The molecule has 3 rings (SSSR count). The first-order chi connectivity index (χ1) is 13.7. The topological polar surface area (TPSA) is 58.8 Å². The van der Waals surface area contributed by atoms with Crippen LogP contribution < -0.4 is 5.73 Å². The highest BCUT2D eigenvalue weighted by atomic mass is 16.5. The fourth-order valence-corrected chi connectivity index (χ4v) is 4.49. The number of carbonyl (C=O) groups is 1. The monoisotopic (exact) mass is 387 g/mol. The molecule has 2 fully saturated rings. The lowest BCUT2D eigenvalue weighted by Crippen LogP contribution is -2.52. The summed E-state index contributed by atoms with van der Waals surface area (Å²) < 4.78 is 5.86. The third kappa shape index (κ3) is 6.03. The van der Waals surface area contributed by atoms with Gasteiger partial charge in [0, 0.05) is 19.7 Å². The molecule has 156 valence electrons. The van der Waals surface area contributed by atoms with Gasteiger partial charge < -0.3 is 15.4 Å². The van der Waals surface area contributed by atoms with Crippen LogP contribution in [0.2, 0.25) is 0 Å². The van der Waals surface area contributed by atoms with Gasteiger partial charge in [0.1, 0.15) is 0 Å². The second-order valence-electron chi connectivity index (χ2n) is 8.38. The third-order valence-electron chi connectivity index (χ3n) is 6.38. The smallest absolute Gasteiger partial charge is 0.239 e. The average molecular weight is 388 g/mol. The van der Waals surface area contributed by atoms with Gasteiger partial charge in [-0.25, -0.2) is 0 Å². The van der Waals surface area contributed by atoms with Crippen LogP contribution in [-0.4, -0.2) is 67.2 Å². The summed E-state index contributed by atoms with van der Waals surface area (Å²) in [7, 11) is 0. The zero-order chi connectivity index (χ0) is 19.8. The van der Waals surface area contributed by atoms with E-state index in [9.17, 15) is 4.79 Å². The fraction of sp³-hybridized carbons (Fsp3) is 0.696. The quantitative estimate of drug-likeness (QED) is 0.697. The Morgan fingerprint density at radius 1 is 1.11 bits per heavy atom. The van der Waals surface area contributed by atoms with Gasteiger partial charge in [-0.15, -0.1) is 0 Å². The van der Waals surface area contributed by atoms with E-state index in [1.165, 1.54) is 18.4 Å². The minimum absolute atomic E-state index is 0.00705. The Bertz CT molecular complexity index is 579. The number of rotatable bonds is 8. The minimum atomic E-state index is -0.00705. The number of nitrogens with two attached hydrogens (primary N) is 1. The van der Waals surface area contributed by atoms with Gasteiger partial charge in [0.05, 0.1) is 12.1 Å². The van der Waals surface area contributed by atoms with E-state index >= 15 is 0 Å². The molecule has 5 nitrogen and oxygen atoms in total. The number of hydrogen-bond acceptors (Lipinski definition) is 4. The van der Waals surface area contributed by atoms with Crippen LogP contribution in [0.4, 0.5) is 0 Å². The molecule has 2 heterocycles. The standard InChI is InChI=1S/C23H37N3O2/c1-19(23(27)26-15-10-22(11-16-26)28-17-5-12-24)25-13-8-21(9-14-25)18-20-6-3-2-4-7-20/h2-4,6-7,19,21-22H,5,8-18,24H2,1H3. The second kappa shape index (κ2) is 10.9. The van der Waals surface area contributed by atoms with Gasteiger partial charge in [-0.3, -0.25) is 9.69 Å². The molecule has 1 aromatic carbocycles. The number of hydrogen-bond donors (Lipinski definition) is 1. The summed E-state index contributed by atoms with van der Waals surface area (Å²) in [5.41, 5.74) is 6.95. The van der Waals surface area contributed by atoms with Gasteiger partial charge in [-0.2, -0.15) is 0 Å². The Hall–Kier alpha value is -1.43. The molecule has 0 aromatic heterocycles. The second-order valence-corrected chi connectivity index (χ2v) is 8.38. The number of ether oxygens (including phenoxy) is 1. The highest BCUT2D eigenvalue weighted by molar-refractivity contribution is 5.81. The van der Waals surface area contributed by atoms with Gasteiger partial charge in [0.15, 0.2) is 0 Å². The Kier molecular flexibility index (Phi) is 8.31. The van der Waals surface area contributed by atoms with Crippen molar-refractivity contribution in [2.45, 2.75) is 57.6 Å². The molecule has 0 radical (unpaired) electrons. The molecule has 2 saturated heterocycles. The predicted molar refractivity (Wildman–Crippen MR) is 113 cm³/mol. The zero-order valence-electron chi connectivity index (χ0n) is 17.4. The van der Waals surface area contributed by atoms with E-state index in [1.807, 2.05) is 4.90 Å². The van der Waals surface area contributed by atoms with Crippen LogP contribution in [0.15, 0.2) is 30.3 Å². The molecule has 2 aliphatic rings. The molecule has 28 heavy (non-hydrogen) atoms. The van der Waals surface area contributed by atoms with Crippen molar-refractivity contribution in [3.8, 4) is 0 Å². The molecule has 1 atom stereocenters. The average Bonchev–Trinajstić information content (AvgIpc) is 2.75. The Balaban J connectivity index is 1.39. The molecule has 1 aromatic rings. The van der Waals surface area contributed by atoms with Crippen molar-refractivity contribution in [3.05, 3.63) is 35.9 Å². The lowest BCUT2D eigenvalue weighted by atomic mass is 9.89. The van der Waals surface area contributed by atoms with Gasteiger partial charge in [-0.1, -0.05) is 30.3 Å². The van der Waals surface area contributed by atoms with E-state index in [4.69, 9.17) is 10.5 Å². The summed E-state index contributed by atoms with van der Waals surface area (Å²) in [6, 6.07) is 10.8. The maximum atomic E-state index is 13.0. The molecular formula is C23H37N3O2. The van der Waals surface area contributed by atoms with Crippen LogP contribution >= 0.6 is 0 Å². The van der Waals surface area contributed by atoms with Crippen molar-refractivity contribution in [2.24, 2.45) is 11.7 Å². The number of benzene rings is 1. The molecule has 1 unspecified atom stereocenters. The van der Waals surface area contributed by atoms with Gasteiger partial charge >= 0.3 is 0 Å². The van der Waals surface area contributed by atoms with E-state index < -0.39 is 0 Å². The van der Waals surface area contributed by atoms with E-state index in [0.717, 1.165) is 64.4 Å². The Morgan fingerprint density at radius 3 is 2.43 bits per heavy atom. The summed E-state index contributed by atoms with van der Waals surface area (Å²) in [6.45, 7) is 7.21. The van der Waals surface area contributed by atoms with Crippen molar-refractivity contribution in [2.75, 3.05) is 39.3 Å². The van der Waals surface area contributed by atoms with Crippen LogP contribution in [0.1, 0.15) is 44.6 Å². The molecule has 0 bridgehead atoms. The van der Waals surface area contributed by atoms with Crippen LogP contribution in [0.3, 0.4) is 0 Å². The van der Waals surface area contributed by atoms with Crippen LogP contribution in [-0.2, 0) is 16.0 Å². The molecule has 0 spiro atoms. The molecule has 5 heteroatoms. The van der Waals surface area contributed by atoms with Crippen LogP contribution in [0.5, 0.6) is 0 Å². The number of carbonyl (C=O) groups excluding carboxylic acids is 1. The molecular weight excluding hydrogens is 350 g/mol. The summed E-state index contributed by atoms with van der Waals surface area (Å²) >= 11 is 0. The first-order valence-electron chi connectivity index (χ1n) is 11.1. The van der Waals surface area contributed by atoms with Gasteiger partial charge in [-0.05, 0) is 76.6 Å². The summed E-state index contributed by atoms with van der Waals surface area (Å²) in [6.07, 6.45) is 6.63. The van der Waals surface area contributed by atoms with Gasteiger partial charge in [0.25, 0.3) is 0 Å². The van der Waals surface area contributed by atoms with Crippen LogP contribution in [0, 0.1) is 5.92 Å². The number of amides is 1. The van der Waals surface area contributed by atoms with E-state index in [1.54, 1.807) is 0 Å². The van der Waals surface area contributed by atoms with E-state index in [0.29, 0.717) is 18.6 Å². The van der Waals surface area contributed by atoms with E-state index in [2.05, 4.69) is 42.2 Å². The lowest BCUT2D eigenvalue weighted by molar-refractivity contribution is -0.139. The maximum Gasteiger partial charge on any atom is 0.239 e. The van der Waals surface area contributed by atoms with Crippen molar-refractivity contribution < 1.29 is 9.53 Å². The first-order valence-corrected chi connectivity index (χ1v) is 11.1. The Labute approximate surface area is 170 Å². The van der Waals surface area contributed by atoms with Crippen molar-refractivity contribution in [1.29, 1.82) is 0 Å². The fourth-order valence-electron chi connectivity index (χ4n) is 4.49. The highest BCUT2D eigenvalue weighted by Crippen LogP contribution is 2.24. The number of likely N-dealkylation sites (tertiary alicyclic amines) is 2. The van der Waals surface area contributed by atoms with Crippen molar-refractivity contribution >= 4 is 5.91 Å². The molecule has 0 aliphatic carbocycles. The normalized spacial score (nSPS) is 21.0. The highest BCUT2D eigenvalue weighted by Gasteiger charge is 2.31. The summed E-state index contributed by atoms with van der Waals surface area (Å²) in [5.74, 6) is 1.03. The summed E-state index contributed by atoms with van der Waals surface area (Å²) in [5, 5.41) is 0. The number of piperidine rings is 2. The third-order valence-corrected chi connectivity index (χ3v) is 6.38. The van der Waals surface area contributed by atoms with Crippen LogP contribution in [0.25, 0.3) is 0 Å². The van der Waals surface area contributed by atoms with Crippen molar-refractivity contribution in [1.82, 2.24) is 9.80 Å². The van der Waals surface area contributed by atoms with E-state index in [-0.39, 0.29) is 6.04 Å². The lowest BCUT2D eigenvalue weighted by Gasteiger charge is -2.39.